The van der Waals surface area contributed by atoms with Crippen LogP contribution in [-0.2, 0) is 14.3 Å². The number of nitrogens with zero attached hydrogens (tertiary/aromatic N) is 2. The van der Waals surface area contributed by atoms with Crippen molar-refractivity contribution < 1.29 is 19.1 Å². The minimum absolute atomic E-state index is 0.0667. The fourth-order valence-corrected chi connectivity index (χ4v) is 3.35. The van der Waals surface area contributed by atoms with Gasteiger partial charge in [-0.2, -0.15) is 0 Å². The number of fused-ring (bicyclic) bond motifs is 1. The van der Waals surface area contributed by atoms with Gasteiger partial charge in [0, 0.05) is 43.1 Å². The molecule has 8 nitrogen and oxygen atoms in total. The molecule has 2 amide bonds. The first-order valence-electron chi connectivity index (χ1n) is 8.76. The predicted molar refractivity (Wildman–Crippen MR) is 101 cm³/mol. The number of carbonyl (C=O) groups excluding carboxylic acids is 2. The fraction of sp³-hybridized carbons (Fsp3) is 0.421. The van der Waals surface area contributed by atoms with Crippen LogP contribution in [0.4, 0.5) is 11.4 Å². The standard InChI is InChI=1S/C19H24N4O4/c1-11(2)23-10-20-8-16(23)13-6-18(24)21-14-7-15(22-19(25)9-26-3)17(27-4)5-12(13)14/h5,7-8,10-11,13H,6,9H2,1-4H3,(H,21,24)(H,22,25). The lowest BCUT2D eigenvalue weighted by Gasteiger charge is -2.28. The van der Waals surface area contributed by atoms with Gasteiger partial charge in [0.25, 0.3) is 0 Å². The molecule has 2 N–H and O–H groups in total. The van der Waals surface area contributed by atoms with Crippen molar-refractivity contribution in [1.82, 2.24) is 9.55 Å². The van der Waals surface area contributed by atoms with E-state index in [1.54, 1.807) is 25.7 Å². The summed E-state index contributed by atoms with van der Waals surface area (Å²) < 4.78 is 12.4. The van der Waals surface area contributed by atoms with Crippen molar-refractivity contribution in [1.29, 1.82) is 0 Å². The summed E-state index contributed by atoms with van der Waals surface area (Å²) in [4.78, 5) is 28.5. The third kappa shape index (κ3) is 3.80. The summed E-state index contributed by atoms with van der Waals surface area (Å²) in [6, 6.07) is 3.81. The van der Waals surface area contributed by atoms with Crippen LogP contribution in [0.15, 0.2) is 24.7 Å². The van der Waals surface area contributed by atoms with E-state index >= 15 is 0 Å². The second kappa shape index (κ2) is 7.79. The highest BCUT2D eigenvalue weighted by atomic mass is 16.5. The van der Waals surface area contributed by atoms with Crippen LogP contribution in [0.2, 0.25) is 0 Å². The van der Waals surface area contributed by atoms with Crippen molar-refractivity contribution >= 4 is 23.2 Å². The normalized spacial score (nSPS) is 16.0. The van der Waals surface area contributed by atoms with Gasteiger partial charge < -0.3 is 24.7 Å². The lowest BCUT2D eigenvalue weighted by Crippen LogP contribution is -2.26. The number of rotatable bonds is 6. The van der Waals surface area contributed by atoms with Crippen LogP contribution in [-0.4, -0.2) is 42.2 Å². The van der Waals surface area contributed by atoms with Crippen LogP contribution in [0.5, 0.6) is 5.75 Å². The number of benzene rings is 1. The number of methoxy groups -OCH3 is 2. The summed E-state index contributed by atoms with van der Waals surface area (Å²) in [7, 11) is 2.99. The summed E-state index contributed by atoms with van der Waals surface area (Å²) in [5, 5.41) is 5.64. The van der Waals surface area contributed by atoms with Crippen molar-refractivity contribution in [3.63, 3.8) is 0 Å². The third-order valence-corrected chi connectivity index (χ3v) is 4.57. The van der Waals surface area contributed by atoms with E-state index in [1.165, 1.54) is 7.11 Å². The molecule has 1 unspecified atom stereocenters. The van der Waals surface area contributed by atoms with E-state index in [9.17, 15) is 9.59 Å². The van der Waals surface area contributed by atoms with Crippen LogP contribution in [0.3, 0.4) is 0 Å². The molecule has 1 aromatic heterocycles. The highest BCUT2D eigenvalue weighted by Crippen LogP contribution is 2.42. The first-order valence-corrected chi connectivity index (χ1v) is 8.76. The zero-order chi connectivity index (χ0) is 19.6. The molecular weight excluding hydrogens is 348 g/mol. The number of aromatic nitrogens is 2. The Morgan fingerprint density at radius 2 is 2.19 bits per heavy atom. The number of ether oxygens (including phenoxy) is 2. The highest BCUT2D eigenvalue weighted by molar-refractivity contribution is 5.99. The Balaban J connectivity index is 2.05. The molecule has 0 fully saturated rings. The van der Waals surface area contributed by atoms with E-state index in [4.69, 9.17) is 9.47 Å². The monoisotopic (exact) mass is 372 g/mol. The van der Waals surface area contributed by atoms with Gasteiger partial charge in [0.1, 0.15) is 12.4 Å². The molecule has 0 bridgehead atoms. The molecule has 1 aliphatic rings. The Morgan fingerprint density at radius 3 is 2.85 bits per heavy atom. The number of hydrogen-bond acceptors (Lipinski definition) is 5. The number of imidazole rings is 1. The lowest BCUT2D eigenvalue weighted by atomic mass is 9.87. The van der Waals surface area contributed by atoms with Crippen molar-refractivity contribution in [3.05, 3.63) is 35.9 Å². The Kier molecular flexibility index (Phi) is 5.46. The summed E-state index contributed by atoms with van der Waals surface area (Å²) in [6.45, 7) is 4.08. The number of amides is 2. The maximum atomic E-state index is 12.3. The van der Waals surface area contributed by atoms with Crippen molar-refractivity contribution in [2.75, 3.05) is 31.5 Å². The number of carbonyl (C=O) groups is 2. The van der Waals surface area contributed by atoms with Gasteiger partial charge >= 0.3 is 0 Å². The molecular formula is C19H24N4O4. The first kappa shape index (κ1) is 18.9. The van der Waals surface area contributed by atoms with Gasteiger partial charge in [-0.05, 0) is 31.5 Å². The molecule has 2 aromatic rings. The predicted octanol–water partition coefficient (Wildman–Crippen LogP) is 2.53. The molecule has 1 atom stereocenters. The Bertz CT molecular complexity index is 859. The van der Waals surface area contributed by atoms with Gasteiger partial charge in [0.15, 0.2) is 0 Å². The largest absolute Gasteiger partial charge is 0.495 e. The van der Waals surface area contributed by atoms with E-state index < -0.39 is 0 Å². The smallest absolute Gasteiger partial charge is 0.250 e. The average Bonchev–Trinajstić information content (AvgIpc) is 3.10. The minimum Gasteiger partial charge on any atom is -0.495 e. The maximum Gasteiger partial charge on any atom is 0.250 e. The van der Waals surface area contributed by atoms with E-state index in [-0.39, 0.29) is 30.4 Å². The number of anilines is 2. The molecule has 0 spiro atoms. The summed E-state index contributed by atoms with van der Waals surface area (Å²) in [5.74, 6) is 0.00176. The van der Waals surface area contributed by atoms with Crippen LogP contribution in [0.25, 0.3) is 0 Å². The maximum absolute atomic E-state index is 12.3. The highest BCUT2D eigenvalue weighted by Gasteiger charge is 2.30. The molecule has 27 heavy (non-hydrogen) atoms. The summed E-state index contributed by atoms with van der Waals surface area (Å²) in [6.07, 6.45) is 3.90. The quantitative estimate of drug-likeness (QED) is 0.813. The van der Waals surface area contributed by atoms with Gasteiger partial charge in [-0.3, -0.25) is 9.59 Å². The van der Waals surface area contributed by atoms with E-state index in [2.05, 4.69) is 34.0 Å². The molecule has 0 saturated heterocycles. The second-order valence-electron chi connectivity index (χ2n) is 6.75. The average molecular weight is 372 g/mol. The second-order valence-corrected chi connectivity index (χ2v) is 6.75. The van der Waals surface area contributed by atoms with Gasteiger partial charge in [-0.15, -0.1) is 0 Å². The molecule has 8 heteroatoms. The lowest BCUT2D eigenvalue weighted by molar-refractivity contribution is -0.119. The van der Waals surface area contributed by atoms with Gasteiger partial charge in [0.05, 0.1) is 19.1 Å². The molecule has 2 heterocycles. The van der Waals surface area contributed by atoms with Crippen LogP contribution in [0.1, 0.15) is 43.5 Å². The Hall–Kier alpha value is -2.87. The first-order chi connectivity index (χ1) is 12.9. The fourth-order valence-electron chi connectivity index (χ4n) is 3.35. The summed E-state index contributed by atoms with van der Waals surface area (Å²) >= 11 is 0. The minimum atomic E-state index is -0.299. The van der Waals surface area contributed by atoms with E-state index in [0.29, 0.717) is 23.5 Å². The summed E-state index contributed by atoms with van der Waals surface area (Å²) in [5.41, 5.74) is 3.04. The zero-order valence-electron chi connectivity index (χ0n) is 15.9. The van der Waals surface area contributed by atoms with Crippen LogP contribution < -0.4 is 15.4 Å². The number of nitrogens with one attached hydrogen (secondary N) is 2. The van der Waals surface area contributed by atoms with Crippen molar-refractivity contribution in [3.8, 4) is 5.75 Å². The Morgan fingerprint density at radius 1 is 1.41 bits per heavy atom. The topological polar surface area (TPSA) is 94.5 Å². The molecule has 144 valence electrons. The zero-order valence-corrected chi connectivity index (χ0v) is 15.9. The molecule has 3 rings (SSSR count). The van der Waals surface area contributed by atoms with Gasteiger partial charge in [-0.1, -0.05) is 0 Å². The Labute approximate surface area is 157 Å². The van der Waals surface area contributed by atoms with E-state index in [1.807, 2.05) is 6.07 Å². The number of hydrogen-bond donors (Lipinski definition) is 2. The molecule has 0 saturated carbocycles. The van der Waals surface area contributed by atoms with Gasteiger partial charge in [0.2, 0.25) is 11.8 Å². The molecule has 1 aromatic carbocycles. The molecule has 0 aliphatic carbocycles. The van der Waals surface area contributed by atoms with Crippen molar-refractivity contribution in [2.24, 2.45) is 0 Å². The molecule has 1 aliphatic heterocycles. The van der Waals surface area contributed by atoms with Crippen LogP contribution >= 0.6 is 0 Å². The SMILES string of the molecule is COCC(=O)Nc1cc2c(cc1OC)C(c1cncn1C(C)C)CC(=O)N2. The third-order valence-electron chi connectivity index (χ3n) is 4.57. The van der Waals surface area contributed by atoms with Gasteiger partial charge in [-0.25, -0.2) is 4.98 Å². The van der Waals surface area contributed by atoms with Crippen LogP contribution in [0, 0.1) is 0 Å². The molecule has 0 radical (unpaired) electrons. The van der Waals surface area contributed by atoms with E-state index in [0.717, 1.165) is 11.3 Å². The van der Waals surface area contributed by atoms with Crippen molar-refractivity contribution in [2.45, 2.75) is 32.2 Å².